The summed E-state index contributed by atoms with van der Waals surface area (Å²) < 4.78 is 5.69. The highest BCUT2D eigenvalue weighted by Crippen LogP contribution is 2.29. The molecule has 1 aliphatic heterocycles. The molecule has 1 fully saturated rings. The van der Waals surface area contributed by atoms with E-state index in [0.29, 0.717) is 23.7 Å². The molecule has 4 nitrogen and oxygen atoms in total. The Morgan fingerprint density at radius 3 is 2.94 bits per heavy atom. The van der Waals surface area contributed by atoms with Crippen LogP contribution in [0.25, 0.3) is 0 Å². The lowest BCUT2D eigenvalue weighted by Crippen LogP contribution is -2.49. The van der Waals surface area contributed by atoms with E-state index in [1.807, 2.05) is 0 Å². The fraction of sp³-hybridized carbons (Fsp3) is 0.667. The zero-order valence-corrected chi connectivity index (χ0v) is 12.1. The molecule has 1 aliphatic rings. The van der Waals surface area contributed by atoms with Gasteiger partial charge in [0.25, 0.3) is 0 Å². The molecule has 0 amide bonds. The van der Waals surface area contributed by atoms with E-state index in [0.717, 1.165) is 24.3 Å². The van der Waals surface area contributed by atoms with E-state index in [1.165, 1.54) is 6.33 Å². The van der Waals surface area contributed by atoms with Gasteiger partial charge in [-0.3, -0.25) is 0 Å². The summed E-state index contributed by atoms with van der Waals surface area (Å²) in [6.07, 6.45) is 2.67. The van der Waals surface area contributed by atoms with Crippen LogP contribution in [0.4, 0.5) is 5.82 Å². The lowest BCUT2D eigenvalue weighted by molar-refractivity contribution is 0.0295. The summed E-state index contributed by atoms with van der Waals surface area (Å²) in [6, 6.07) is 0.314. The largest absolute Gasteiger partial charge is 0.375 e. The SMILES string of the molecule is CCC1COC(C)CN1c1ncnc(Cl)c1CCl. The summed E-state index contributed by atoms with van der Waals surface area (Å²) >= 11 is 12.0. The third-order valence-electron chi connectivity index (χ3n) is 3.21. The molecular formula is C12H17Cl2N3O. The zero-order chi connectivity index (χ0) is 13.1. The summed E-state index contributed by atoms with van der Waals surface area (Å²) in [5.41, 5.74) is 0.799. The lowest BCUT2D eigenvalue weighted by Gasteiger charge is -2.39. The minimum Gasteiger partial charge on any atom is -0.375 e. The summed E-state index contributed by atoms with van der Waals surface area (Å²) in [5, 5.41) is 0.434. The summed E-state index contributed by atoms with van der Waals surface area (Å²) in [5.74, 6) is 1.16. The Hall–Kier alpha value is -0.580. The molecule has 2 atom stereocenters. The normalized spacial score (nSPS) is 24.3. The second-order valence-electron chi connectivity index (χ2n) is 4.46. The van der Waals surface area contributed by atoms with Crippen molar-refractivity contribution >= 4 is 29.0 Å². The van der Waals surface area contributed by atoms with Gasteiger partial charge in [-0.15, -0.1) is 11.6 Å². The highest BCUT2D eigenvalue weighted by Gasteiger charge is 2.28. The molecule has 1 aromatic rings. The van der Waals surface area contributed by atoms with E-state index in [9.17, 15) is 0 Å². The number of hydrogen-bond donors (Lipinski definition) is 0. The topological polar surface area (TPSA) is 38.2 Å². The van der Waals surface area contributed by atoms with Gasteiger partial charge in [0.1, 0.15) is 17.3 Å². The number of nitrogens with zero attached hydrogens (tertiary/aromatic N) is 3. The molecule has 0 aliphatic carbocycles. The van der Waals surface area contributed by atoms with Gasteiger partial charge in [-0.25, -0.2) is 9.97 Å². The van der Waals surface area contributed by atoms with Gasteiger partial charge in [0.05, 0.1) is 24.6 Å². The first-order chi connectivity index (χ1) is 8.67. The highest BCUT2D eigenvalue weighted by atomic mass is 35.5. The van der Waals surface area contributed by atoms with Gasteiger partial charge in [-0.2, -0.15) is 0 Å². The Bertz CT molecular complexity index is 416. The standard InChI is InChI=1S/C12H17Cl2N3O/c1-3-9-6-18-8(2)5-17(9)12-10(4-13)11(14)15-7-16-12/h7-9H,3-6H2,1-2H3. The van der Waals surface area contributed by atoms with E-state index >= 15 is 0 Å². The Morgan fingerprint density at radius 1 is 1.50 bits per heavy atom. The summed E-state index contributed by atoms with van der Waals surface area (Å²) in [7, 11) is 0. The van der Waals surface area contributed by atoms with Gasteiger partial charge in [0.2, 0.25) is 0 Å². The van der Waals surface area contributed by atoms with E-state index in [4.69, 9.17) is 27.9 Å². The summed E-state index contributed by atoms with van der Waals surface area (Å²) in [6.45, 7) is 5.71. The maximum absolute atomic E-state index is 6.08. The average molecular weight is 290 g/mol. The van der Waals surface area contributed by atoms with E-state index in [-0.39, 0.29) is 6.10 Å². The molecule has 18 heavy (non-hydrogen) atoms. The number of hydrogen-bond acceptors (Lipinski definition) is 4. The molecule has 0 N–H and O–H groups in total. The number of morpholine rings is 1. The molecule has 0 radical (unpaired) electrons. The van der Waals surface area contributed by atoms with Gasteiger partial charge in [0, 0.05) is 12.1 Å². The molecular weight excluding hydrogens is 273 g/mol. The van der Waals surface area contributed by atoms with Crippen LogP contribution in [0.1, 0.15) is 25.8 Å². The van der Waals surface area contributed by atoms with Gasteiger partial charge >= 0.3 is 0 Å². The third kappa shape index (κ3) is 2.71. The van der Waals surface area contributed by atoms with Crippen molar-refractivity contribution in [2.24, 2.45) is 0 Å². The van der Waals surface area contributed by atoms with Crippen molar-refractivity contribution in [3.63, 3.8) is 0 Å². The smallest absolute Gasteiger partial charge is 0.138 e. The minimum absolute atomic E-state index is 0.185. The molecule has 0 spiro atoms. The van der Waals surface area contributed by atoms with Crippen LogP contribution in [0.3, 0.4) is 0 Å². The van der Waals surface area contributed by atoms with Crippen molar-refractivity contribution in [1.29, 1.82) is 0 Å². The monoisotopic (exact) mass is 289 g/mol. The van der Waals surface area contributed by atoms with Crippen LogP contribution in [0.2, 0.25) is 5.15 Å². The zero-order valence-electron chi connectivity index (χ0n) is 10.6. The molecule has 0 saturated carbocycles. The number of ether oxygens (including phenoxy) is 1. The average Bonchev–Trinajstić information content (AvgIpc) is 2.38. The molecule has 1 aromatic heterocycles. The molecule has 100 valence electrons. The van der Waals surface area contributed by atoms with Crippen LogP contribution in [0.5, 0.6) is 0 Å². The molecule has 0 bridgehead atoms. The maximum Gasteiger partial charge on any atom is 0.138 e. The first-order valence-electron chi connectivity index (χ1n) is 6.11. The Kier molecular flexibility index (Phi) is 4.65. The highest BCUT2D eigenvalue weighted by molar-refractivity contribution is 6.31. The van der Waals surface area contributed by atoms with Crippen molar-refractivity contribution in [3.05, 3.63) is 17.0 Å². The predicted octanol–water partition coefficient (Wildman–Crippen LogP) is 2.87. The molecule has 2 heterocycles. The first-order valence-corrected chi connectivity index (χ1v) is 7.02. The molecule has 2 unspecified atom stereocenters. The van der Waals surface area contributed by atoms with Crippen LogP contribution >= 0.6 is 23.2 Å². The minimum atomic E-state index is 0.185. The van der Waals surface area contributed by atoms with Crippen LogP contribution < -0.4 is 4.90 Å². The third-order valence-corrected chi connectivity index (χ3v) is 3.81. The second kappa shape index (κ2) is 6.04. The first kappa shape index (κ1) is 13.8. The van der Waals surface area contributed by atoms with E-state index in [1.54, 1.807) is 0 Å². The summed E-state index contributed by atoms with van der Waals surface area (Å²) in [4.78, 5) is 10.6. The number of halogens is 2. The van der Waals surface area contributed by atoms with Gasteiger partial charge in [-0.1, -0.05) is 18.5 Å². The molecule has 2 rings (SSSR count). The van der Waals surface area contributed by atoms with Gasteiger partial charge in [-0.05, 0) is 13.3 Å². The quantitative estimate of drug-likeness (QED) is 0.634. The van der Waals surface area contributed by atoms with Crippen LogP contribution in [-0.4, -0.2) is 35.3 Å². The second-order valence-corrected chi connectivity index (χ2v) is 5.08. The number of anilines is 1. The fourth-order valence-electron chi connectivity index (χ4n) is 2.19. The van der Waals surface area contributed by atoms with Gasteiger partial charge in [0.15, 0.2) is 0 Å². The van der Waals surface area contributed by atoms with E-state index < -0.39 is 0 Å². The van der Waals surface area contributed by atoms with Crippen molar-refractivity contribution in [2.45, 2.75) is 38.3 Å². The van der Waals surface area contributed by atoms with E-state index in [2.05, 4.69) is 28.7 Å². The number of aromatic nitrogens is 2. The van der Waals surface area contributed by atoms with Gasteiger partial charge < -0.3 is 9.64 Å². The molecule has 1 saturated heterocycles. The van der Waals surface area contributed by atoms with Crippen LogP contribution in [0, 0.1) is 0 Å². The fourth-order valence-corrected chi connectivity index (χ4v) is 2.70. The Balaban J connectivity index is 2.36. The lowest BCUT2D eigenvalue weighted by atomic mass is 10.1. The van der Waals surface area contributed by atoms with Crippen molar-refractivity contribution < 1.29 is 4.74 Å². The van der Waals surface area contributed by atoms with Crippen molar-refractivity contribution in [2.75, 3.05) is 18.1 Å². The Morgan fingerprint density at radius 2 is 2.28 bits per heavy atom. The number of rotatable bonds is 3. The molecule has 6 heteroatoms. The Labute approximate surface area is 117 Å². The number of alkyl halides is 1. The van der Waals surface area contributed by atoms with Crippen LogP contribution in [-0.2, 0) is 10.6 Å². The predicted molar refractivity (Wildman–Crippen MR) is 73.4 cm³/mol. The van der Waals surface area contributed by atoms with Crippen molar-refractivity contribution in [3.8, 4) is 0 Å². The van der Waals surface area contributed by atoms with Crippen LogP contribution in [0.15, 0.2) is 6.33 Å². The van der Waals surface area contributed by atoms with Crippen molar-refractivity contribution in [1.82, 2.24) is 9.97 Å². The maximum atomic E-state index is 6.08. The molecule has 0 aromatic carbocycles.